The van der Waals surface area contributed by atoms with Crippen molar-refractivity contribution < 1.29 is 14.7 Å². The summed E-state index contributed by atoms with van der Waals surface area (Å²) < 4.78 is 0. The van der Waals surface area contributed by atoms with Crippen LogP contribution in [0.25, 0.3) is 0 Å². The Morgan fingerprint density at radius 1 is 1.33 bits per heavy atom. The Hall–Kier alpha value is -1.84. The number of carboxylic acids is 1. The summed E-state index contributed by atoms with van der Waals surface area (Å²) in [6, 6.07) is 5.70. The summed E-state index contributed by atoms with van der Waals surface area (Å²) in [5.74, 6) is -1.42. The first kappa shape index (κ1) is 14.2. The summed E-state index contributed by atoms with van der Waals surface area (Å²) in [4.78, 5) is 22.5. The van der Waals surface area contributed by atoms with E-state index in [9.17, 15) is 9.59 Å². The maximum absolute atomic E-state index is 11.9. The number of aryl methyl sites for hydroxylation is 2. The smallest absolute Gasteiger partial charge is 0.306 e. The Bertz CT molecular complexity index is 454. The average Bonchev–Trinajstić information content (AvgIpc) is 2.31. The number of aliphatic carboxylic acids is 1. The Kier molecular flexibility index (Phi) is 4.89. The van der Waals surface area contributed by atoms with Crippen molar-refractivity contribution in [2.24, 2.45) is 5.92 Å². The van der Waals surface area contributed by atoms with Crippen molar-refractivity contribution in [2.45, 2.75) is 27.2 Å². The summed E-state index contributed by atoms with van der Waals surface area (Å²) in [6.07, 6.45) is 0.436. The normalized spacial score (nSPS) is 11.9. The molecule has 0 spiro atoms. The minimum absolute atomic E-state index is 0.145. The summed E-state index contributed by atoms with van der Waals surface area (Å²) in [6.45, 7) is 5.82. The topological polar surface area (TPSA) is 66.4 Å². The molecule has 0 aromatic heterocycles. The zero-order chi connectivity index (χ0) is 13.7. The maximum atomic E-state index is 11.9. The van der Waals surface area contributed by atoms with Crippen LogP contribution in [0.2, 0.25) is 0 Å². The zero-order valence-corrected chi connectivity index (χ0v) is 11.0. The van der Waals surface area contributed by atoms with Crippen LogP contribution >= 0.6 is 0 Å². The quantitative estimate of drug-likeness (QED) is 0.840. The van der Waals surface area contributed by atoms with Crippen LogP contribution in [0, 0.1) is 19.8 Å². The number of carbonyl (C=O) groups is 2. The largest absolute Gasteiger partial charge is 0.481 e. The molecular weight excluding hydrogens is 230 g/mol. The van der Waals surface area contributed by atoms with E-state index in [1.165, 1.54) is 0 Å². The molecule has 1 rings (SSSR count). The fourth-order valence-corrected chi connectivity index (χ4v) is 1.60. The van der Waals surface area contributed by atoms with Crippen LogP contribution in [0.3, 0.4) is 0 Å². The van der Waals surface area contributed by atoms with Gasteiger partial charge in [-0.1, -0.05) is 24.6 Å². The van der Waals surface area contributed by atoms with E-state index in [0.717, 1.165) is 11.1 Å². The van der Waals surface area contributed by atoms with Crippen LogP contribution in [-0.4, -0.2) is 23.5 Å². The van der Waals surface area contributed by atoms with Gasteiger partial charge in [-0.2, -0.15) is 0 Å². The Morgan fingerprint density at radius 2 is 2.00 bits per heavy atom. The molecule has 1 atom stereocenters. The number of benzene rings is 1. The van der Waals surface area contributed by atoms with E-state index < -0.39 is 11.9 Å². The lowest BCUT2D eigenvalue weighted by atomic mass is 10.0. The molecule has 1 aromatic carbocycles. The van der Waals surface area contributed by atoms with Crippen molar-refractivity contribution >= 4 is 11.9 Å². The molecule has 0 bridgehead atoms. The van der Waals surface area contributed by atoms with Gasteiger partial charge in [-0.3, -0.25) is 9.59 Å². The molecule has 0 saturated carbocycles. The fourth-order valence-electron chi connectivity index (χ4n) is 1.60. The number of carboxylic acid groups (broad SMARTS) is 1. The van der Waals surface area contributed by atoms with Crippen LogP contribution in [-0.2, 0) is 4.79 Å². The lowest BCUT2D eigenvalue weighted by molar-refractivity contribution is -0.141. The summed E-state index contributed by atoms with van der Waals surface area (Å²) in [5.41, 5.74) is 2.60. The van der Waals surface area contributed by atoms with Gasteiger partial charge in [-0.25, -0.2) is 0 Å². The van der Waals surface area contributed by atoms with E-state index in [1.807, 2.05) is 32.0 Å². The molecule has 0 heterocycles. The molecule has 0 aliphatic rings. The first-order valence-corrected chi connectivity index (χ1v) is 6.00. The lowest BCUT2D eigenvalue weighted by Crippen LogP contribution is -2.27. The zero-order valence-electron chi connectivity index (χ0n) is 11.0. The molecule has 2 N–H and O–H groups in total. The van der Waals surface area contributed by atoms with Gasteiger partial charge in [-0.05, 0) is 31.9 Å². The van der Waals surface area contributed by atoms with Crippen LogP contribution < -0.4 is 5.32 Å². The molecule has 0 radical (unpaired) electrons. The number of hydrogen-bond acceptors (Lipinski definition) is 2. The number of amides is 1. The standard InChI is InChI=1S/C14H19NO3/c1-9-4-5-10(2)12(8-9)13(16)15-7-6-11(3)14(17)18/h4-5,8,11H,6-7H2,1-3H3,(H,15,16)(H,17,18). The van der Waals surface area contributed by atoms with Crippen molar-refractivity contribution in [2.75, 3.05) is 6.54 Å². The van der Waals surface area contributed by atoms with Gasteiger partial charge in [0.2, 0.25) is 0 Å². The third kappa shape index (κ3) is 3.87. The van der Waals surface area contributed by atoms with Crippen LogP contribution in [0.1, 0.15) is 34.8 Å². The van der Waals surface area contributed by atoms with E-state index >= 15 is 0 Å². The van der Waals surface area contributed by atoms with Crippen molar-refractivity contribution in [1.82, 2.24) is 5.32 Å². The van der Waals surface area contributed by atoms with E-state index in [4.69, 9.17) is 5.11 Å². The molecule has 4 heteroatoms. The van der Waals surface area contributed by atoms with Crippen LogP contribution in [0.4, 0.5) is 0 Å². The fraction of sp³-hybridized carbons (Fsp3) is 0.429. The van der Waals surface area contributed by atoms with Gasteiger partial charge in [0.05, 0.1) is 5.92 Å². The molecule has 4 nitrogen and oxygen atoms in total. The SMILES string of the molecule is Cc1ccc(C)c(C(=O)NCCC(C)C(=O)O)c1. The van der Waals surface area contributed by atoms with E-state index in [2.05, 4.69) is 5.32 Å². The van der Waals surface area contributed by atoms with Gasteiger partial charge in [0.15, 0.2) is 0 Å². The average molecular weight is 249 g/mol. The van der Waals surface area contributed by atoms with Crippen LogP contribution in [0.5, 0.6) is 0 Å². The Morgan fingerprint density at radius 3 is 2.61 bits per heavy atom. The highest BCUT2D eigenvalue weighted by Crippen LogP contribution is 2.10. The van der Waals surface area contributed by atoms with Gasteiger partial charge < -0.3 is 10.4 Å². The Balaban J connectivity index is 2.55. The molecule has 18 heavy (non-hydrogen) atoms. The number of hydrogen-bond donors (Lipinski definition) is 2. The third-order valence-corrected chi connectivity index (χ3v) is 2.92. The van der Waals surface area contributed by atoms with Gasteiger partial charge in [0.1, 0.15) is 0 Å². The van der Waals surface area contributed by atoms with Crippen molar-refractivity contribution in [3.05, 3.63) is 34.9 Å². The minimum Gasteiger partial charge on any atom is -0.481 e. The number of carbonyl (C=O) groups excluding carboxylic acids is 1. The van der Waals surface area contributed by atoms with Crippen molar-refractivity contribution in [1.29, 1.82) is 0 Å². The summed E-state index contributed by atoms with van der Waals surface area (Å²) >= 11 is 0. The molecule has 0 saturated heterocycles. The number of nitrogens with one attached hydrogen (secondary N) is 1. The van der Waals surface area contributed by atoms with Gasteiger partial charge in [-0.15, -0.1) is 0 Å². The first-order valence-electron chi connectivity index (χ1n) is 6.00. The minimum atomic E-state index is -0.837. The second-order valence-corrected chi connectivity index (χ2v) is 4.60. The molecule has 98 valence electrons. The van der Waals surface area contributed by atoms with Crippen molar-refractivity contribution in [3.8, 4) is 0 Å². The molecule has 0 fully saturated rings. The van der Waals surface area contributed by atoms with Gasteiger partial charge in [0, 0.05) is 12.1 Å². The lowest BCUT2D eigenvalue weighted by Gasteiger charge is -2.10. The molecular formula is C14H19NO3. The predicted octanol–water partition coefficient (Wildman–Crippen LogP) is 2.14. The van der Waals surface area contributed by atoms with Gasteiger partial charge >= 0.3 is 5.97 Å². The monoisotopic (exact) mass is 249 g/mol. The Labute approximate surface area is 107 Å². The van der Waals surface area contributed by atoms with Gasteiger partial charge in [0.25, 0.3) is 5.91 Å². The molecule has 1 unspecified atom stereocenters. The van der Waals surface area contributed by atoms with E-state index in [1.54, 1.807) is 6.92 Å². The van der Waals surface area contributed by atoms with Crippen molar-refractivity contribution in [3.63, 3.8) is 0 Å². The van der Waals surface area contributed by atoms with E-state index in [-0.39, 0.29) is 5.91 Å². The second-order valence-electron chi connectivity index (χ2n) is 4.60. The second kappa shape index (κ2) is 6.19. The third-order valence-electron chi connectivity index (χ3n) is 2.92. The summed E-state index contributed by atoms with van der Waals surface area (Å²) in [7, 11) is 0. The highest BCUT2D eigenvalue weighted by atomic mass is 16.4. The van der Waals surface area contributed by atoms with E-state index in [0.29, 0.717) is 18.5 Å². The molecule has 0 aliphatic heterocycles. The molecule has 1 amide bonds. The maximum Gasteiger partial charge on any atom is 0.306 e. The highest BCUT2D eigenvalue weighted by molar-refractivity contribution is 5.95. The first-order chi connectivity index (χ1) is 8.41. The van der Waals surface area contributed by atoms with Crippen LogP contribution in [0.15, 0.2) is 18.2 Å². The summed E-state index contributed by atoms with van der Waals surface area (Å²) in [5, 5.41) is 11.5. The molecule has 0 aliphatic carbocycles. The highest BCUT2D eigenvalue weighted by Gasteiger charge is 2.12. The number of rotatable bonds is 5. The predicted molar refractivity (Wildman–Crippen MR) is 69.7 cm³/mol. The molecule has 1 aromatic rings.